The van der Waals surface area contributed by atoms with Crippen molar-refractivity contribution in [1.29, 1.82) is 0 Å². The van der Waals surface area contributed by atoms with Gasteiger partial charge in [0.15, 0.2) is 0 Å². The van der Waals surface area contributed by atoms with Crippen molar-refractivity contribution in [3.63, 3.8) is 0 Å². The number of methoxy groups -OCH3 is 1. The number of H-pyrrole nitrogens is 1. The van der Waals surface area contributed by atoms with E-state index in [-0.39, 0.29) is 0 Å². The first-order valence-electron chi connectivity index (χ1n) is 4.46. The molecule has 0 atom stereocenters. The van der Waals surface area contributed by atoms with Crippen molar-refractivity contribution < 1.29 is 4.74 Å². The number of aromatic amines is 1. The van der Waals surface area contributed by atoms with E-state index in [0.717, 1.165) is 17.4 Å². The molecule has 0 fully saturated rings. The van der Waals surface area contributed by atoms with Gasteiger partial charge in [-0.2, -0.15) is 5.10 Å². The van der Waals surface area contributed by atoms with Crippen molar-refractivity contribution in [3.05, 3.63) is 30.5 Å². The zero-order valence-electron chi connectivity index (χ0n) is 8.27. The Bertz CT molecular complexity index is 397. The predicted octanol–water partition coefficient (Wildman–Crippen LogP) is 0.820. The fraction of sp³-hybridized carbons (Fsp3) is 0.222. The van der Waals surface area contributed by atoms with Crippen LogP contribution in [0, 0.1) is 0 Å². The molecule has 6 heteroatoms. The minimum Gasteiger partial charge on any atom is -0.495 e. The van der Waals surface area contributed by atoms with Crippen LogP contribution in [0.4, 0.5) is 5.82 Å². The first kappa shape index (κ1) is 9.45. The minimum absolute atomic E-state index is 0.569. The summed E-state index contributed by atoms with van der Waals surface area (Å²) >= 11 is 0. The summed E-state index contributed by atoms with van der Waals surface area (Å²) in [6.45, 7) is 0.569. The molecule has 0 saturated carbocycles. The number of nitrogens with zero attached hydrogens (tertiary/aromatic N) is 3. The maximum absolute atomic E-state index is 5.00. The van der Waals surface area contributed by atoms with Gasteiger partial charge in [-0.3, -0.25) is 5.10 Å². The Kier molecular flexibility index (Phi) is 2.77. The van der Waals surface area contributed by atoms with Crippen molar-refractivity contribution in [3.8, 4) is 5.75 Å². The summed E-state index contributed by atoms with van der Waals surface area (Å²) in [7, 11) is 1.61. The highest BCUT2D eigenvalue weighted by Gasteiger charge is 1.97. The van der Waals surface area contributed by atoms with E-state index in [1.165, 1.54) is 6.33 Å². The fourth-order valence-electron chi connectivity index (χ4n) is 1.10. The fourth-order valence-corrected chi connectivity index (χ4v) is 1.10. The Morgan fingerprint density at radius 2 is 2.33 bits per heavy atom. The van der Waals surface area contributed by atoms with Crippen LogP contribution in [0.2, 0.25) is 0 Å². The highest BCUT2D eigenvalue weighted by molar-refractivity contribution is 5.37. The number of ether oxygens (including phenoxy) is 1. The van der Waals surface area contributed by atoms with Crippen LogP contribution in [0.25, 0.3) is 0 Å². The average molecular weight is 205 g/mol. The second kappa shape index (κ2) is 4.41. The third kappa shape index (κ3) is 2.43. The maximum Gasteiger partial charge on any atom is 0.143 e. The average Bonchev–Trinajstić information content (AvgIpc) is 2.80. The SMILES string of the molecule is COc1ccc(NCc2ncn[nH]2)nc1. The van der Waals surface area contributed by atoms with Crippen LogP contribution >= 0.6 is 0 Å². The van der Waals surface area contributed by atoms with Crippen molar-refractivity contribution >= 4 is 5.82 Å². The summed E-state index contributed by atoms with van der Waals surface area (Å²) in [5.74, 6) is 2.28. The third-order valence-corrected chi connectivity index (χ3v) is 1.87. The molecule has 0 radical (unpaired) electrons. The molecule has 0 spiro atoms. The molecule has 0 aliphatic carbocycles. The van der Waals surface area contributed by atoms with Gasteiger partial charge < -0.3 is 10.1 Å². The molecule has 15 heavy (non-hydrogen) atoms. The number of hydrogen-bond donors (Lipinski definition) is 2. The summed E-state index contributed by atoms with van der Waals surface area (Å²) in [5.41, 5.74) is 0. The Morgan fingerprint density at radius 3 is 2.93 bits per heavy atom. The highest BCUT2D eigenvalue weighted by Crippen LogP contribution is 2.11. The highest BCUT2D eigenvalue weighted by atomic mass is 16.5. The van der Waals surface area contributed by atoms with E-state index in [1.54, 1.807) is 13.3 Å². The van der Waals surface area contributed by atoms with Gasteiger partial charge in [0.25, 0.3) is 0 Å². The number of anilines is 1. The molecule has 0 aliphatic rings. The quantitative estimate of drug-likeness (QED) is 0.772. The lowest BCUT2D eigenvalue weighted by Crippen LogP contribution is -2.02. The van der Waals surface area contributed by atoms with Crippen LogP contribution in [-0.2, 0) is 6.54 Å². The minimum atomic E-state index is 0.569. The molecule has 2 aromatic rings. The number of aromatic nitrogens is 4. The van der Waals surface area contributed by atoms with Gasteiger partial charge in [-0.1, -0.05) is 0 Å². The summed E-state index contributed by atoms with van der Waals surface area (Å²) in [6, 6.07) is 3.69. The Morgan fingerprint density at radius 1 is 1.40 bits per heavy atom. The molecule has 0 unspecified atom stereocenters. The van der Waals surface area contributed by atoms with Gasteiger partial charge in [0.1, 0.15) is 23.7 Å². The Hall–Kier alpha value is -2.11. The van der Waals surface area contributed by atoms with Crippen molar-refractivity contribution in [2.45, 2.75) is 6.54 Å². The molecule has 2 aromatic heterocycles. The molecule has 78 valence electrons. The van der Waals surface area contributed by atoms with Gasteiger partial charge in [0, 0.05) is 0 Å². The molecular weight excluding hydrogens is 194 g/mol. The molecule has 2 N–H and O–H groups in total. The molecule has 0 bridgehead atoms. The largest absolute Gasteiger partial charge is 0.495 e. The van der Waals surface area contributed by atoms with E-state index in [2.05, 4.69) is 25.5 Å². The first-order valence-corrected chi connectivity index (χ1v) is 4.46. The summed E-state index contributed by atoms with van der Waals surface area (Å²) in [5, 5.41) is 9.60. The van der Waals surface area contributed by atoms with E-state index >= 15 is 0 Å². The van der Waals surface area contributed by atoms with Crippen molar-refractivity contribution in [1.82, 2.24) is 20.2 Å². The van der Waals surface area contributed by atoms with Crippen molar-refractivity contribution in [2.75, 3.05) is 12.4 Å². The number of rotatable bonds is 4. The Balaban J connectivity index is 1.93. The molecule has 0 saturated heterocycles. The number of hydrogen-bond acceptors (Lipinski definition) is 5. The molecule has 6 nitrogen and oxygen atoms in total. The zero-order chi connectivity index (χ0) is 10.5. The second-order valence-electron chi connectivity index (χ2n) is 2.87. The standard InChI is InChI=1S/C9H11N5O/c1-15-7-2-3-8(10-4-7)11-5-9-12-6-13-14-9/h2-4,6H,5H2,1H3,(H,10,11)(H,12,13,14). The number of pyridine rings is 1. The Labute approximate surface area is 86.7 Å². The van der Waals surface area contributed by atoms with Crippen LogP contribution in [0.1, 0.15) is 5.82 Å². The van der Waals surface area contributed by atoms with E-state index < -0.39 is 0 Å². The second-order valence-corrected chi connectivity index (χ2v) is 2.87. The molecule has 0 aliphatic heterocycles. The summed E-state index contributed by atoms with van der Waals surface area (Å²) in [6.07, 6.45) is 3.13. The first-order chi connectivity index (χ1) is 7.38. The molecule has 0 amide bonds. The van der Waals surface area contributed by atoms with E-state index in [0.29, 0.717) is 6.54 Å². The predicted molar refractivity (Wildman–Crippen MR) is 54.5 cm³/mol. The lowest BCUT2D eigenvalue weighted by Gasteiger charge is -2.03. The van der Waals surface area contributed by atoms with Gasteiger partial charge in [-0.05, 0) is 12.1 Å². The van der Waals surface area contributed by atoms with E-state index in [1.807, 2.05) is 12.1 Å². The van der Waals surface area contributed by atoms with Crippen LogP contribution in [-0.4, -0.2) is 27.3 Å². The molecule has 2 rings (SSSR count). The lowest BCUT2D eigenvalue weighted by molar-refractivity contribution is 0.413. The zero-order valence-corrected chi connectivity index (χ0v) is 8.27. The van der Waals surface area contributed by atoms with Gasteiger partial charge in [-0.25, -0.2) is 9.97 Å². The molecule has 2 heterocycles. The maximum atomic E-state index is 5.00. The monoisotopic (exact) mass is 205 g/mol. The van der Waals surface area contributed by atoms with Gasteiger partial charge in [0.05, 0.1) is 19.9 Å². The lowest BCUT2D eigenvalue weighted by atomic mass is 10.4. The van der Waals surface area contributed by atoms with Crippen LogP contribution in [0.3, 0.4) is 0 Å². The van der Waals surface area contributed by atoms with Gasteiger partial charge >= 0.3 is 0 Å². The molecular formula is C9H11N5O. The number of nitrogens with one attached hydrogen (secondary N) is 2. The van der Waals surface area contributed by atoms with Crippen LogP contribution in [0.5, 0.6) is 5.75 Å². The van der Waals surface area contributed by atoms with Crippen LogP contribution < -0.4 is 10.1 Å². The van der Waals surface area contributed by atoms with Crippen LogP contribution in [0.15, 0.2) is 24.7 Å². The normalized spacial score (nSPS) is 9.93. The van der Waals surface area contributed by atoms with Gasteiger partial charge in [-0.15, -0.1) is 0 Å². The van der Waals surface area contributed by atoms with E-state index in [4.69, 9.17) is 4.74 Å². The smallest absolute Gasteiger partial charge is 0.143 e. The van der Waals surface area contributed by atoms with E-state index in [9.17, 15) is 0 Å². The topological polar surface area (TPSA) is 75.7 Å². The molecule has 0 aromatic carbocycles. The van der Waals surface area contributed by atoms with Gasteiger partial charge in [0.2, 0.25) is 0 Å². The third-order valence-electron chi connectivity index (χ3n) is 1.87. The summed E-state index contributed by atoms with van der Waals surface area (Å²) in [4.78, 5) is 8.13. The van der Waals surface area contributed by atoms with Crippen molar-refractivity contribution in [2.24, 2.45) is 0 Å². The summed E-state index contributed by atoms with van der Waals surface area (Å²) < 4.78 is 5.00.